The molecule has 128 valence electrons. The van der Waals surface area contributed by atoms with E-state index in [0.717, 1.165) is 27.8 Å². The molecule has 0 amide bonds. The highest BCUT2D eigenvalue weighted by molar-refractivity contribution is 9.10. The van der Waals surface area contributed by atoms with Crippen LogP contribution in [0.25, 0.3) is 0 Å². The number of halogens is 1. The molecule has 0 aliphatic rings. The maximum Gasteiger partial charge on any atom is 0.123 e. The van der Waals surface area contributed by atoms with Gasteiger partial charge in [-0.25, -0.2) is 0 Å². The molecule has 0 radical (unpaired) electrons. The molecule has 0 atom stereocenters. The fourth-order valence-corrected chi connectivity index (χ4v) is 2.97. The van der Waals surface area contributed by atoms with Crippen LogP contribution in [0.5, 0.6) is 5.75 Å². The summed E-state index contributed by atoms with van der Waals surface area (Å²) in [5.74, 6) is 0.912. The predicted molar refractivity (Wildman–Crippen MR) is 105 cm³/mol. The number of ether oxygens (including phenoxy) is 2. The monoisotopic (exact) mass is 396 g/mol. The summed E-state index contributed by atoms with van der Waals surface area (Å²) in [6, 6.07) is 26.6. The Bertz CT molecular complexity index is 773. The molecular weight excluding hydrogens is 376 g/mol. The van der Waals surface area contributed by atoms with Crippen molar-refractivity contribution in [3.63, 3.8) is 0 Å². The normalized spacial score (nSPS) is 10.6. The molecule has 0 saturated heterocycles. The third-order valence-electron chi connectivity index (χ3n) is 3.89. The van der Waals surface area contributed by atoms with Gasteiger partial charge in [-0.1, -0.05) is 76.6 Å². The first-order valence-corrected chi connectivity index (χ1v) is 9.17. The van der Waals surface area contributed by atoms with E-state index < -0.39 is 0 Å². The van der Waals surface area contributed by atoms with Crippen LogP contribution in [0.3, 0.4) is 0 Å². The molecule has 0 heterocycles. The van der Waals surface area contributed by atoms with Crippen molar-refractivity contribution in [1.82, 2.24) is 0 Å². The van der Waals surface area contributed by atoms with Crippen molar-refractivity contribution in [3.8, 4) is 5.75 Å². The number of rotatable bonds is 8. The second kappa shape index (κ2) is 9.40. The van der Waals surface area contributed by atoms with Gasteiger partial charge in [0.2, 0.25) is 0 Å². The van der Waals surface area contributed by atoms with Gasteiger partial charge in [0, 0.05) is 4.47 Å². The molecule has 0 aliphatic carbocycles. The van der Waals surface area contributed by atoms with E-state index in [1.807, 2.05) is 48.5 Å². The molecule has 0 unspecified atom stereocenters. The molecule has 0 bridgehead atoms. The molecule has 0 fully saturated rings. The van der Waals surface area contributed by atoms with E-state index in [1.54, 1.807) is 0 Å². The zero-order valence-corrected chi connectivity index (χ0v) is 15.6. The Morgan fingerprint density at radius 2 is 1.36 bits per heavy atom. The van der Waals surface area contributed by atoms with E-state index in [0.29, 0.717) is 19.8 Å². The van der Waals surface area contributed by atoms with Gasteiger partial charge in [0.1, 0.15) is 12.4 Å². The average Bonchev–Trinajstić information content (AvgIpc) is 2.66. The molecule has 0 aliphatic heterocycles. The smallest absolute Gasteiger partial charge is 0.123 e. The van der Waals surface area contributed by atoms with Gasteiger partial charge in [-0.05, 0) is 41.3 Å². The number of hydrogen-bond acceptors (Lipinski definition) is 2. The van der Waals surface area contributed by atoms with Crippen molar-refractivity contribution < 1.29 is 9.47 Å². The van der Waals surface area contributed by atoms with Gasteiger partial charge in [-0.2, -0.15) is 0 Å². The Labute approximate surface area is 157 Å². The third-order valence-corrected chi connectivity index (χ3v) is 4.38. The summed E-state index contributed by atoms with van der Waals surface area (Å²) < 4.78 is 12.9. The Kier molecular flexibility index (Phi) is 6.66. The van der Waals surface area contributed by atoms with E-state index in [1.165, 1.54) is 5.56 Å². The molecule has 25 heavy (non-hydrogen) atoms. The Hall–Kier alpha value is -2.10. The molecule has 3 aromatic carbocycles. The van der Waals surface area contributed by atoms with E-state index in [9.17, 15) is 0 Å². The summed E-state index contributed by atoms with van der Waals surface area (Å²) in [4.78, 5) is 0. The van der Waals surface area contributed by atoms with Crippen molar-refractivity contribution in [2.45, 2.75) is 19.6 Å². The molecule has 3 rings (SSSR count). The first-order valence-electron chi connectivity index (χ1n) is 8.38. The van der Waals surface area contributed by atoms with Crippen molar-refractivity contribution in [2.24, 2.45) is 0 Å². The summed E-state index contributed by atoms with van der Waals surface area (Å²) in [6.07, 6.45) is 0.816. The van der Waals surface area contributed by atoms with Gasteiger partial charge in [0.25, 0.3) is 0 Å². The largest absolute Gasteiger partial charge is 0.489 e. The van der Waals surface area contributed by atoms with Crippen LogP contribution in [-0.2, 0) is 24.4 Å². The molecule has 0 N–H and O–H groups in total. The maximum atomic E-state index is 6.02. The van der Waals surface area contributed by atoms with Crippen molar-refractivity contribution in [1.29, 1.82) is 0 Å². The maximum absolute atomic E-state index is 6.02. The Morgan fingerprint density at radius 3 is 2.04 bits per heavy atom. The van der Waals surface area contributed by atoms with Gasteiger partial charge in [0.15, 0.2) is 0 Å². The van der Waals surface area contributed by atoms with E-state index in [-0.39, 0.29) is 0 Å². The minimum absolute atomic E-state index is 0.570. The van der Waals surface area contributed by atoms with Crippen LogP contribution in [-0.4, -0.2) is 6.61 Å². The number of benzene rings is 3. The summed E-state index contributed by atoms with van der Waals surface area (Å²) in [5, 5.41) is 0. The van der Waals surface area contributed by atoms with E-state index in [2.05, 4.69) is 46.3 Å². The lowest BCUT2D eigenvalue weighted by Gasteiger charge is -2.12. The van der Waals surface area contributed by atoms with Crippen molar-refractivity contribution in [3.05, 3.63) is 100 Å². The quantitative estimate of drug-likeness (QED) is 0.448. The minimum atomic E-state index is 0.570. The van der Waals surface area contributed by atoms with E-state index in [4.69, 9.17) is 9.47 Å². The van der Waals surface area contributed by atoms with Crippen molar-refractivity contribution >= 4 is 15.9 Å². The second-order valence-corrected chi connectivity index (χ2v) is 6.73. The molecule has 0 saturated carbocycles. The van der Waals surface area contributed by atoms with Crippen LogP contribution < -0.4 is 4.74 Å². The highest BCUT2D eigenvalue weighted by Gasteiger charge is 2.06. The zero-order chi connectivity index (χ0) is 17.3. The van der Waals surface area contributed by atoms with Crippen molar-refractivity contribution in [2.75, 3.05) is 6.61 Å². The summed E-state index contributed by atoms with van der Waals surface area (Å²) >= 11 is 3.54. The predicted octanol–water partition coefficient (Wildman–Crippen LogP) is 5.79. The van der Waals surface area contributed by atoms with Gasteiger partial charge in [0.05, 0.1) is 13.2 Å². The third kappa shape index (κ3) is 5.73. The standard InChI is InChI=1S/C22H21BrO2/c23-21-11-12-22(25-17-19-9-5-2-6-10-19)20(15-21)13-14-24-16-18-7-3-1-4-8-18/h1-12,15H,13-14,16-17H2. The van der Waals surface area contributed by atoms with Crippen LogP contribution in [0.4, 0.5) is 0 Å². The van der Waals surface area contributed by atoms with Crippen LogP contribution in [0.15, 0.2) is 83.3 Å². The fraction of sp³-hybridized carbons (Fsp3) is 0.182. The molecule has 3 aromatic rings. The first kappa shape index (κ1) is 17.7. The van der Waals surface area contributed by atoms with Gasteiger partial charge in [-0.3, -0.25) is 0 Å². The lowest BCUT2D eigenvalue weighted by molar-refractivity contribution is 0.123. The van der Waals surface area contributed by atoms with Crippen LogP contribution in [0.2, 0.25) is 0 Å². The zero-order valence-electron chi connectivity index (χ0n) is 14.0. The second-order valence-electron chi connectivity index (χ2n) is 5.81. The highest BCUT2D eigenvalue weighted by atomic mass is 79.9. The Balaban J connectivity index is 1.55. The molecule has 2 nitrogen and oxygen atoms in total. The van der Waals surface area contributed by atoms with Crippen LogP contribution in [0, 0.1) is 0 Å². The molecule has 0 aromatic heterocycles. The fourth-order valence-electron chi connectivity index (χ4n) is 2.57. The average molecular weight is 397 g/mol. The SMILES string of the molecule is Brc1ccc(OCc2ccccc2)c(CCOCc2ccccc2)c1. The highest BCUT2D eigenvalue weighted by Crippen LogP contribution is 2.25. The summed E-state index contributed by atoms with van der Waals surface area (Å²) in [5.41, 5.74) is 3.51. The van der Waals surface area contributed by atoms with E-state index >= 15 is 0 Å². The first-order chi connectivity index (χ1) is 12.3. The van der Waals surface area contributed by atoms with Crippen LogP contribution in [0.1, 0.15) is 16.7 Å². The number of hydrogen-bond donors (Lipinski definition) is 0. The van der Waals surface area contributed by atoms with Crippen LogP contribution >= 0.6 is 15.9 Å². The minimum Gasteiger partial charge on any atom is -0.489 e. The van der Waals surface area contributed by atoms with Gasteiger partial charge >= 0.3 is 0 Å². The Morgan fingerprint density at radius 1 is 0.720 bits per heavy atom. The molecule has 0 spiro atoms. The lowest BCUT2D eigenvalue weighted by atomic mass is 10.1. The van der Waals surface area contributed by atoms with Gasteiger partial charge < -0.3 is 9.47 Å². The van der Waals surface area contributed by atoms with Gasteiger partial charge in [-0.15, -0.1) is 0 Å². The molecule has 3 heteroatoms. The topological polar surface area (TPSA) is 18.5 Å². The summed E-state index contributed by atoms with van der Waals surface area (Å²) in [7, 11) is 0. The summed E-state index contributed by atoms with van der Waals surface area (Å²) in [6.45, 7) is 1.86. The lowest BCUT2D eigenvalue weighted by Crippen LogP contribution is -2.03. The molecular formula is C22H21BrO2.